The highest BCUT2D eigenvalue weighted by molar-refractivity contribution is 6.30. The van der Waals surface area contributed by atoms with Gasteiger partial charge < -0.3 is 26.0 Å². The summed E-state index contributed by atoms with van der Waals surface area (Å²) in [5.41, 5.74) is 2.11. The molecule has 27 heavy (non-hydrogen) atoms. The van der Waals surface area contributed by atoms with Gasteiger partial charge in [0, 0.05) is 42.1 Å². The standard InChI is InChI=1S/C19H21ClN4O3/c1-21-13-6-8-14(9-7-13)22-18(26)17-10-16(25)11-24(17)19(27)23-15-4-2-12(20)3-5-15/h2-9,16-17,21,25H,10-11H2,1H3,(H,22,26)(H,23,27)/t16-,17-/m1/s1. The van der Waals surface area contributed by atoms with E-state index in [0.29, 0.717) is 16.4 Å². The smallest absolute Gasteiger partial charge is 0.322 e. The van der Waals surface area contributed by atoms with Gasteiger partial charge in [0.25, 0.3) is 0 Å². The molecule has 8 heteroatoms. The average molecular weight is 389 g/mol. The molecule has 1 fully saturated rings. The fourth-order valence-corrected chi connectivity index (χ4v) is 3.09. The summed E-state index contributed by atoms with van der Waals surface area (Å²) in [6.45, 7) is 0.0935. The molecule has 1 heterocycles. The highest BCUT2D eigenvalue weighted by Gasteiger charge is 2.39. The first kappa shape index (κ1) is 19.0. The lowest BCUT2D eigenvalue weighted by molar-refractivity contribution is -0.119. The van der Waals surface area contributed by atoms with E-state index in [-0.39, 0.29) is 18.9 Å². The number of aliphatic hydroxyl groups is 1. The van der Waals surface area contributed by atoms with Crippen LogP contribution in [0.1, 0.15) is 6.42 Å². The molecule has 0 aliphatic carbocycles. The van der Waals surface area contributed by atoms with Crippen LogP contribution in [-0.2, 0) is 4.79 Å². The van der Waals surface area contributed by atoms with Gasteiger partial charge in [0.2, 0.25) is 5.91 Å². The van der Waals surface area contributed by atoms with E-state index >= 15 is 0 Å². The number of likely N-dealkylation sites (tertiary alicyclic amines) is 1. The summed E-state index contributed by atoms with van der Waals surface area (Å²) in [5, 5.41) is 19.1. The number of urea groups is 1. The van der Waals surface area contributed by atoms with Crippen LogP contribution in [0.3, 0.4) is 0 Å². The fraction of sp³-hybridized carbons (Fsp3) is 0.263. The van der Waals surface area contributed by atoms with E-state index in [4.69, 9.17) is 11.6 Å². The monoisotopic (exact) mass is 388 g/mol. The van der Waals surface area contributed by atoms with Gasteiger partial charge in [-0.15, -0.1) is 0 Å². The minimum Gasteiger partial charge on any atom is -0.391 e. The van der Waals surface area contributed by atoms with Crippen LogP contribution in [0.15, 0.2) is 48.5 Å². The molecule has 2 aromatic carbocycles. The Labute approximate surface area is 162 Å². The number of rotatable bonds is 4. The molecule has 3 rings (SSSR count). The van der Waals surface area contributed by atoms with Crippen LogP contribution in [0.5, 0.6) is 0 Å². The van der Waals surface area contributed by atoms with Crippen molar-refractivity contribution in [3.8, 4) is 0 Å². The molecule has 3 amide bonds. The molecule has 0 unspecified atom stereocenters. The van der Waals surface area contributed by atoms with Gasteiger partial charge in [0.1, 0.15) is 6.04 Å². The number of anilines is 3. The van der Waals surface area contributed by atoms with Crippen molar-refractivity contribution in [2.24, 2.45) is 0 Å². The summed E-state index contributed by atoms with van der Waals surface area (Å²) < 4.78 is 0. The number of nitrogens with one attached hydrogen (secondary N) is 3. The third kappa shape index (κ3) is 4.69. The molecule has 2 aromatic rings. The van der Waals surface area contributed by atoms with Crippen LogP contribution < -0.4 is 16.0 Å². The molecule has 0 radical (unpaired) electrons. The number of carbonyl (C=O) groups is 2. The van der Waals surface area contributed by atoms with Crippen LogP contribution in [0.25, 0.3) is 0 Å². The van der Waals surface area contributed by atoms with Gasteiger partial charge >= 0.3 is 6.03 Å². The van der Waals surface area contributed by atoms with Gasteiger partial charge in [-0.3, -0.25) is 4.79 Å². The number of amides is 3. The minimum absolute atomic E-state index is 0.0935. The van der Waals surface area contributed by atoms with Crippen LogP contribution in [-0.4, -0.2) is 47.7 Å². The van der Waals surface area contributed by atoms with E-state index in [1.807, 2.05) is 19.2 Å². The van der Waals surface area contributed by atoms with Crippen molar-refractivity contribution in [1.29, 1.82) is 0 Å². The maximum absolute atomic E-state index is 12.6. The number of benzene rings is 2. The Hall–Kier alpha value is -2.77. The Morgan fingerprint density at radius 1 is 1.00 bits per heavy atom. The van der Waals surface area contributed by atoms with Gasteiger partial charge in [-0.25, -0.2) is 4.79 Å². The summed E-state index contributed by atoms with van der Waals surface area (Å²) in [5.74, 6) is -0.338. The molecule has 0 aromatic heterocycles. The average Bonchev–Trinajstić information content (AvgIpc) is 3.06. The summed E-state index contributed by atoms with van der Waals surface area (Å²) in [7, 11) is 1.81. The van der Waals surface area contributed by atoms with Crippen molar-refractivity contribution in [1.82, 2.24) is 4.90 Å². The number of carbonyl (C=O) groups excluding carboxylic acids is 2. The molecule has 142 valence electrons. The summed E-state index contributed by atoms with van der Waals surface area (Å²) >= 11 is 5.84. The van der Waals surface area contributed by atoms with E-state index in [1.54, 1.807) is 36.4 Å². The molecule has 2 atom stereocenters. The van der Waals surface area contributed by atoms with Crippen molar-refractivity contribution in [3.05, 3.63) is 53.6 Å². The zero-order valence-electron chi connectivity index (χ0n) is 14.8. The summed E-state index contributed by atoms with van der Waals surface area (Å²) in [6.07, 6.45) is -0.558. The Morgan fingerprint density at radius 2 is 1.56 bits per heavy atom. The van der Waals surface area contributed by atoms with Crippen molar-refractivity contribution < 1.29 is 14.7 Å². The lowest BCUT2D eigenvalue weighted by Gasteiger charge is -2.24. The number of hydrogen-bond donors (Lipinski definition) is 4. The molecule has 4 N–H and O–H groups in total. The first-order chi connectivity index (χ1) is 13.0. The van der Waals surface area contributed by atoms with E-state index in [2.05, 4.69) is 16.0 Å². The maximum atomic E-state index is 12.6. The van der Waals surface area contributed by atoms with Gasteiger partial charge in [0.05, 0.1) is 6.10 Å². The zero-order chi connectivity index (χ0) is 19.4. The van der Waals surface area contributed by atoms with Crippen molar-refractivity contribution in [3.63, 3.8) is 0 Å². The molecular formula is C19H21ClN4O3. The number of hydrogen-bond acceptors (Lipinski definition) is 4. The number of aliphatic hydroxyl groups excluding tert-OH is 1. The van der Waals surface area contributed by atoms with E-state index in [9.17, 15) is 14.7 Å². The highest BCUT2D eigenvalue weighted by Crippen LogP contribution is 2.22. The van der Waals surface area contributed by atoms with Gasteiger partial charge in [-0.05, 0) is 48.5 Å². The molecular weight excluding hydrogens is 368 g/mol. The lowest BCUT2D eigenvalue weighted by Crippen LogP contribution is -2.45. The van der Waals surface area contributed by atoms with E-state index < -0.39 is 18.2 Å². The highest BCUT2D eigenvalue weighted by atomic mass is 35.5. The van der Waals surface area contributed by atoms with Crippen LogP contribution in [0.4, 0.5) is 21.9 Å². The Morgan fingerprint density at radius 3 is 2.19 bits per heavy atom. The largest absolute Gasteiger partial charge is 0.391 e. The third-order valence-electron chi connectivity index (χ3n) is 4.38. The van der Waals surface area contributed by atoms with Gasteiger partial charge in [-0.2, -0.15) is 0 Å². The Kier molecular flexibility index (Phi) is 5.83. The van der Waals surface area contributed by atoms with Crippen LogP contribution >= 0.6 is 11.6 Å². The second kappa shape index (κ2) is 8.28. The number of nitrogens with zero attached hydrogens (tertiary/aromatic N) is 1. The number of halogens is 1. The minimum atomic E-state index is -0.753. The van der Waals surface area contributed by atoms with E-state index in [1.165, 1.54) is 4.90 Å². The molecule has 0 bridgehead atoms. The predicted molar refractivity (Wildman–Crippen MR) is 106 cm³/mol. The summed E-state index contributed by atoms with van der Waals surface area (Å²) in [4.78, 5) is 26.6. The predicted octanol–water partition coefficient (Wildman–Crippen LogP) is 2.99. The second-order valence-corrected chi connectivity index (χ2v) is 6.75. The van der Waals surface area contributed by atoms with Crippen LogP contribution in [0, 0.1) is 0 Å². The third-order valence-corrected chi connectivity index (χ3v) is 4.63. The summed E-state index contributed by atoms with van der Waals surface area (Å²) in [6, 6.07) is 12.7. The molecule has 7 nitrogen and oxygen atoms in total. The molecule has 0 spiro atoms. The topological polar surface area (TPSA) is 93.7 Å². The van der Waals surface area contributed by atoms with Gasteiger partial charge in [0.15, 0.2) is 0 Å². The SMILES string of the molecule is CNc1ccc(NC(=O)[C@H]2C[C@@H](O)CN2C(=O)Nc2ccc(Cl)cc2)cc1. The maximum Gasteiger partial charge on any atom is 0.322 e. The molecule has 0 saturated carbocycles. The van der Waals surface area contributed by atoms with Crippen molar-refractivity contribution in [2.75, 3.05) is 29.5 Å². The first-order valence-electron chi connectivity index (χ1n) is 8.56. The second-order valence-electron chi connectivity index (χ2n) is 6.31. The Balaban J connectivity index is 1.67. The van der Waals surface area contributed by atoms with Crippen molar-refractivity contribution >= 4 is 40.6 Å². The zero-order valence-corrected chi connectivity index (χ0v) is 15.5. The Bertz CT molecular complexity index is 811. The number of β-amino-alcohol motifs (C(OH)–C–C–N with tert-alkyl or cyclic N) is 1. The van der Waals surface area contributed by atoms with Gasteiger partial charge in [-0.1, -0.05) is 11.6 Å². The lowest BCUT2D eigenvalue weighted by atomic mass is 10.2. The van der Waals surface area contributed by atoms with Crippen molar-refractivity contribution in [2.45, 2.75) is 18.6 Å². The quantitative estimate of drug-likeness (QED) is 0.647. The molecule has 1 aliphatic rings. The van der Waals surface area contributed by atoms with E-state index in [0.717, 1.165) is 5.69 Å². The molecule has 1 saturated heterocycles. The normalized spacial score (nSPS) is 18.9. The molecule has 1 aliphatic heterocycles. The first-order valence-corrected chi connectivity index (χ1v) is 8.94. The van der Waals surface area contributed by atoms with Crippen LogP contribution in [0.2, 0.25) is 5.02 Å². The fourth-order valence-electron chi connectivity index (χ4n) is 2.96.